The van der Waals surface area contributed by atoms with Crippen molar-refractivity contribution in [1.29, 1.82) is 0 Å². The number of rotatable bonds is 5. The molecule has 0 fully saturated rings. The summed E-state index contributed by atoms with van der Waals surface area (Å²) in [7, 11) is 0. The zero-order valence-corrected chi connectivity index (χ0v) is 17.3. The molecule has 0 amide bonds. The summed E-state index contributed by atoms with van der Waals surface area (Å²) < 4.78 is 0. The molecule has 1 heteroatoms. The SMILES string of the molecule is C/C=C\C(CC)CCC1C=CC2=C(CCC(N)CC2)C1.CC.CC. The molecule has 2 aliphatic rings. The average molecular weight is 334 g/mol. The predicted octanol–water partition coefficient (Wildman–Crippen LogP) is 7.20. The summed E-state index contributed by atoms with van der Waals surface area (Å²) >= 11 is 0. The van der Waals surface area contributed by atoms with Gasteiger partial charge in [0.1, 0.15) is 0 Å². The van der Waals surface area contributed by atoms with Gasteiger partial charge in [-0.3, -0.25) is 0 Å². The Kier molecular flexibility index (Phi) is 14.0. The van der Waals surface area contributed by atoms with Gasteiger partial charge in [-0.15, -0.1) is 0 Å². The first-order valence-corrected chi connectivity index (χ1v) is 10.5. The van der Waals surface area contributed by atoms with E-state index >= 15 is 0 Å². The molecule has 0 saturated heterocycles. The van der Waals surface area contributed by atoms with Crippen LogP contribution in [0.4, 0.5) is 0 Å². The predicted molar refractivity (Wildman–Crippen MR) is 111 cm³/mol. The van der Waals surface area contributed by atoms with Crippen molar-refractivity contribution in [3.8, 4) is 0 Å². The smallest absolute Gasteiger partial charge is 0.00450 e. The van der Waals surface area contributed by atoms with Crippen molar-refractivity contribution in [1.82, 2.24) is 0 Å². The van der Waals surface area contributed by atoms with Gasteiger partial charge < -0.3 is 5.73 Å². The molecule has 0 aliphatic heterocycles. The maximum Gasteiger partial charge on any atom is 0.00450 e. The Morgan fingerprint density at radius 1 is 1.17 bits per heavy atom. The number of hydrogen-bond donors (Lipinski definition) is 1. The number of hydrogen-bond acceptors (Lipinski definition) is 1. The van der Waals surface area contributed by atoms with Gasteiger partial charge in [-0.25, -0.2) is 0 Å². The standard InChI is InChI=1S/C19H31N.2C2H6/c1-3-5-15(4-2)6-7-16-8-9-17-10-12-19(20)13-11-18(17)14-16;2*1-2/h3,5,8-9,15-16,19H,4,6-7,10-14,20H2,1-2H3;2*1-2H3/b5-3-;;. The van der Waals surface area contributed by atoms with Crippen molar-refractivity contribution < 1.29 is 0 Å². The summed E-state index contributed by atoms with van der Waals surface area (Å²) in [6.45, 7) is 12.4. The number of allylic oxidation sites excluding steroid dienone is 6. The first kappa shape index (κ1) is 23.2. The van der Waals surface area contributed by atoms with Crippen LogP contribution in [0.3, 0.4) is 0 Å². The zero-order valence-electron chi connectivity index (χ0n) is 17.3. The third-order valence-corrected chi connectivity index (χ3v) is 5.03. The molecule has 2 aliphatic carbocycles. The van der Waals surface area contributed by atoms with E-state index in [1.54, 1.807) is 11.1 Å². The van der Waals surface area contributed by atoms with Crippen LogP contribution in [0.1, 0.15) is 92.9 Å². The summed E-state index contributed by atoms with van der Waals surface area (Å²) in [4.78, 5) is 0. The van der Waals surface area contributed by atoms with Crippen LogP contribution in [0.5, 0.6) is 0 Å². The van der Waals surface area contributed by atoms with Crippen molar-refractivity contribution in [2.24, 2.45) is 17.6 Å². The first-order valence-electron chi connectivity index (χ1n) is 10.5. The van der Waals surface area contributed by atoms with Crippen LogP contribution in [0.2, 0.25) is 0 Å². The highest BCUT2D eigenvalue weighted by atomic mass is 14.6. The molecule has 0 aromatic carbocycles. The second kappa shape index (κ2) is 14.5. The lowest BCUT2D eigenvalue weighted by Gasteiger charge is -2.23. The maximum atomic E-state index is 6.12. The third kappa shape index (κ3) is 8.33. The molecule has 0 spiro atoms. The summed E-state index contributed by atoms with van der Waals surface area (Å²) in [5.74, 6) is 1.54. The first-order chi connectivity index (χ1) is 11.7. The Morgan fingerprint density at radius 3 is 2.46 bits per heavy atom. The Hall–Kier alpha value is -0.820. The van der Waals surface area contributed by atoms with E-state index in [9.17, 15) is 0 Å². The van der Waals surface area contributed by atoms with Crippen LogP contribution in [0.25, 0.3) is 0 Å². The second-order valence-electron chi connectivity index (χ2n) is 6.56. The van der Waals surface area contributed by atoms with E-state index in [2.05, 4.69) is 38.2 Å². The summed E-state index contributed by atoms with van der Waals surface area (Å²) in [5.41, 5.74) is 9.43. The lowest BCUT2D eigenvalue weighted by Crippen LogP contribution is -2.18. The molecule has 2 N–H and O–H groups in total. The molecule has 3 unspecified atom stereocenters. The molecule has 140 valence electrons. The molecule has 0 radical (unpaired) electrons. The lowest BCUT2D eigenvalue weighted by molar-refractivity contribution is 0.467. The minimum absolute atomic E-state index is 0.423. The highest BCUT2D eigenvalue weighted by molar-refractivity contribution is 5.32. The van der Waals surface area contributed by atoms with Gasteiger partial charge >= 0.3 is 0 Å². The van der Waals surface area contributed by atoms with Crippen molar-refractivity contribution in [2.45, 2.75) is 99.0 Å². The highest BCUT2D eigenvalue weighted by Crippen LogP contribution is 2.35. The summed E-state index contributed by atoms with van der Waals surface area (Å²) in [5, 5.41) is 0. The van der Waals surface area contributed by atoms with Gasteiger partial charge in [-0.2, -0.15) is 0 Å². The quantitative estimate of drug-likeness (QED) is 0.529. The largest absolute Gasteiger partial charge is 0.328 e. The topological polar surface area (TPSA) is 26.0 Å². The Balaban J connectivity index is 0.00000123. The fourth-order valence-electron chi connectivity index (χ4n) is 3.59. The molecule has 1 nitrogen and oxygen atoms in total. The highest BCUT2D eigenvalue weighted by Gasteiger charge is 2.20. The van der Waals surface area contributed by atoms with Crippen molar-refractivity contribution >= 4 is 0 Å². The third-order valence-electron chi connectivity index (χ3n) is 5.03. The van der Waals surface area contributed by atoms with Gasteiger partial charge in [0, 0.05) is 6.04 Å². The molecule has 2 rings (SSSR count). The molecule has 0 bridgehead atoms. The van der Waals surface area contributed by atoms with E-state index in [0.717, 1.165) is 11.8 Å². The molecule has 0 heterocycles. The average Bonchev–Trinajstić information content (AvgIpc) is 2.83. The molecular formula is C23H43N. The van der Waals surface area contributed by atoms with E-state index in [4.69, 9.17) is 5.73 Å². The summed E-state index contributed by atoms with van der Waals surface area (Å²) in [6.07, 6.45) is 19.5. The van der Waals surface area contributed by atoms with Crippen LogP contribution < -0.4 is 5.73 Å². The minimum atomic E-state index is 0.423. The van der Waals surface area contributed by atoms with Crippen molar-refractivity contribution in [2.75, 3.05) is 0 Å². The lowest BCUT2D eigenvalue weighted by atomic mass is 9.83. The van der Waals surface area contributed by atoms with Crippen LogP contribution >= 0.6 is 0 Å². The Labute approximate surface area is 152 Å². The zero-order chi connectivity index (χ0) is 18.4. The van der Waals surface area contributed by atoms with E-state index in [1.165, 1.54) is 51.4 Å². The van der Waals surface area contributed by atoms with Crippen molar-refractivity contribution in [3.05, 3.63) is 35.5 Å². The van der Waals surface area contributed by atoms with Crippen LogP contribution in [-0.4, -0.2) is 6.04 Å². The van der Waals surface area contributed by atoms with E-state index < -0.39 is 0 Å². The normalized spacial score (nSPS) is 24.3. The monoisotopic (exact) mass is 333 g/mol. The molecule has 0 aromatic rings. The van der Waals surface area contributed by atoms with E-state index in [1.807, 2.05) is 27.7 Å². The molecule has 3 atom stereocenters. The molecule has 0 aromatic heterocycles. The molecule has 24 heavy (non-hydrogen) atoms. The van der Waals surface area contributed by atoms with Gasteiger partial charge in [-0.1, -0.05) is 64.5 Å². The van der Waals surface area contributed by atoms with Gasteiger partial charge in [0.15, 0.2) is 0 Å². The number of nitrogens with two attached hydrogens (primary N) is 1. The van der Waals surface area contributed by atoms with Gasteiger partial charge in [0.25, 0.3) is 0 Å². The van der Waals surface area contributed by atoms with E-state index in [-0.39, 0.29) is 0 Å². The fourth-order valence-corrected chi connectivity index (χ4v) is 3.59. The van der Waals surface area contributed by atoms with Gasteiger partial charge in [0.2, 0.25) is 0 Å². The maximum absolute atomic E-state index is 6.12. The van der Waals surface area contributed by atoms with E-state index in [0.29, 0.717) is 6.04 Å². The van der Waals surface area contributed by atoms with Crippen molar-refractivity contribution in [3.63, 3.8) is 0 Å². The molecular weight excluding hydrogens is 290 g/mol. The Bertz CT molecular complexity index is 389. The van der Waals surface area contributed by atoms with Crippen LogP contribution in [0, 0.1) is 11.8 Å². The molecule has 0 saturated carbocycles. The van der Waals surface area contributed by atoms with Crippen LogP contribution in [0.15, 0.2) is 35.5 Å². The summed E-state index contributed by atoms with van der Waals surface area (Å²) in [6, 6.07) is 0.423. The fraction of sp³-hybridized carbons (Fsp3) is 0.739. The minimum Gasteiger partial charge on any atom is -0.328 e. The second-order valence-corrected chi connectivity index (χ2v) is 6.56. The van der Waals surface area contributed by atoms with Gasteiger partial charge in [0.05, 0.1) is 0 Å². The van der Waals surface area contributed by atoms with Gasteiger partial charge in [-0.05, 0) is 75.7 Å². The Morgan fingerprint density at radius 2 is 1.83 bits per heavy atom. The van der Waals surface area contributed by atoms with Crippen LogP contribution in [-0.2, 0) is 0 Å².